The maximum Gasteiger partial charge on any atom is 0.135 e. The Balaban J connectivity index is 2.41. The van der Waals surface area contributed by atoms with Crippen LogP contribution in [0.1, 0.15) is 46.0 Å². The first-order chi connectivity index (χ1) is 5.20. The zero-order chi connectivity index (χ0) is 8.27. The van der Waals surface area contributed by atoms with Gasteiger partial charge in [-0.2, -0.15) is 0 Å². The molecule has 0 heterocycles. The summed E-state index contributed by atoms with van der Waals surface area (Å²) in [4.78, 5) is 11.3. The molecule has 1 heteroatoms. The molecule has 0 amide bonds. The van der Waals surface area contributed by atoms with Crippen molar-refractivity contribution in [2.24, 2.45) is 11.8 Å². The Labute approximate surface area is 69.2 Å². The van der Waals surface area contributed by atoms with Gasteiger partial charge in [0, 0.05) is 12.3 Å². The molecule has 1 saturated carbocycles. The lowest BCUT2D eigenvalue weighted by molar-refractivity contribution is -0.123. The molecular weight excluding hydrogens is 136 g/mol. The standard InChI is InChI=1S/C10H18O/c1-8-4-3-5-9(2)10(11)7-6-8/h8-9H,3-7H2,1-2H3/t8-,9+/m0/s1. The summed E-state index contributed by atoms with van der Waals surface area (Å²) in [6.07, 6.45) is 5.61. The summed E-state index contributed by atoms with van der Waals surface area (Å²) in [6.45, 7) is 4.32. The summed E-state index contributed by atoms with van der Waals surface area (Å²) >= 11 is 0. The molecule has 0 radical (unpaired) electrons. The minimum atomic E-state index is 0.336. The lowest BCUT2D eigenvalue weighted by atomic mass is 9.87. The van der Waals surface area contributed by atoms with Gasteiger partial charge in [0.15, 0.2) is 0 Å². The third-order valence-electron chi connectivity index (χ3n) is 2.77. The summed E-state index contributed by atoms with van der Waals surface area (Å²) < 4.78 is 0. The summed E-state index contributed by atoms with van der Waals surface area (Å²) in [5.41, 5.74) is 0. The van der Waals surface area contributed by atoms with Crippen LogP contribution in [0, 0.1) is 11.8 Å². The fraction of sp³-hybridized carbons (Fsp3) is 0.900. The van der Waals surface area contributed by atoms with E-state index in [0.717, 1.165) is 25.2 Å². The second kappa shape index (κ2) is 3.89. The molecular formula is C10H18O. The van der Waals surface area contributed by atoms with Crippen molar-refractivity contribution in [1.29, 1.82) is 0 Å². The summed E-state index contributed by atoms with van der Waals surface area (Å²) in [6, 6.07) is 0. The number of hydrogen-bond donors (Lipinski definition) is 0. The lowest BCUT2D eigenvalue weighted by Gasteiger charge is -2.18. The Kier molecular flexibility index (Phi) is 3.10. The van der Waals surface area contributed by atoms with Crippen LogP contribution in [0.15, 0.2) is 0 Å². The van der Waals surface area contributed by atoms with Crippen molar-refractivity contribution >= 4 is 5.78 Å². The van der Waals surface area contributed by atoms with E-state index < -0.39 is 0 Å². The molecule has 0 aromatic carbocycles. The van der Waals surface area contributed by atoms with Crippen molar-refractivity contribution in [3.05, 3.63) is 0 Å². The molecule has 0 aromatic heterocycles. The van der Waals surface area contributed by atoms with Crippen LogP contribution in [-0.2, 0) is 4.79 Å². The molecule has 0 bridgehead atoms. The van der Waals surface area contributed by atoms with Crippen molar-refractivity contribution < 1.29 is 4.79 Å². The van der Waals surface area contributed by atoms with Gasteiger partial charge in [0.1, 0.15) is 5.78 Å². The monoisotopic (exact) mass is 154 g/mol. The molecule has 1 nitrogen and oxygen atoms in total. The largest absolute Gasteiger partial charge is 0.299 e. The number of ketones is 1. The molecule has 0 aromatic rings. The smallest absolute Gasteiger partial charge is 0.135 e. The van der Waals surface area contributed by atoms with E-state index in [1.165, 1.54) is 12.8 Å². The molecule has 1 rings (SSSR count). The number of carbonyl (C=O) groups excluding carboxylic acids is 1. The van der Waals surface area contributed by atoms with Crippen molar-refractivity contribution in [2.75, 3.05) is 0 Å². The van der Waals surface area contributed by atoms with E-state index in [1.807, 2.05) is 0 Å². The van der Waals surface area contributed by atoms with E-state index >= 15 is 0 Å². The minimum absolute atomic E-state index is 0.336. The van der Waals surface area contributed by atoms with Crippen LogP contribution in [0.3, 0.4) is 0 Å². The summed E-state index contributed by atoms with van der Waals surface area (Å²) in [5.74, 6) is 1.59. The predicted molar refractivity (Wildman–Crippen MR) is 46.4 cm³/mol. The van der Waals surface area contributed by atoms with E-state index in [9.17, 15) is 4.79 Å². The van der Waals surface area contributed by atoms with Crippen molar-refractivity contribution in [3.8, 4) is 0 Å². The number of rotatable bonds is 0. The lowest BCUT2D eigenvalue weighted by Crippen LogP contribution is -2.15. The highest BCUT2D eigenvalue weighted by Crippen LogP contribution is 2.22. The van der Waals surface area contributed by atoms with Gasteiger partial charge in [-0.3, -0.25) is 4.79 Å². The van der Waals surface area contributed by atoms with Gasteiger partial charge in [-0.05, 0) is 18.8 Å². The third kappa shape index (κ3) is 2.64. The maximum atomic E-state index is 11.3. The van der Waals surface area contributed by atoms with Crippen LogP contribution >= 0.6 is 0 Å². The Hall–Kier alpha value is -0.330. The summed E-state index contributed by atoms with van der Waals surface area (Å²) in [5, 5.41) is 0. The topological polar surface area (TPSA) is 17.1 Å². The van der Waals surface area contributed by atoms with Gasteiger partial charge >= 0.3 is 0 Å². The molecule has 1 aliphatic rings. The van der Waals surface area contributed by atoms with Crippen molar-refractivity contribution in [2.45, 2.75) is 46.0 Å². The van der Waals surface area contributed by atoms with E-state index in [0.29, 0.717) is 11.7 Å². The molecule has 1 aliphatic carbocycles. The Morgan fingerprint density at radius 1 is 1.18 bits per heavy atom. The van der Waals surface area contributed by atoms with Crippen LogP contribution in [0.25, 0.3) is 0 Å². The fourth-order valence-corrected chi connectivity index (χ4v) is 1.71. The second-order valence-electron chi connectivity index (χ2n) is 3.94. The van der Waals surface area contributed by atoms with E-state index in [4.69, 9.17) is 0 Å². The number of Topliss-reactive ketones (excluding diaryl/α,β-unsaturated/α-hetero) is 1. The Morgan fingerprint density at radius 2 is 1.91 bits per heavy atom. The SMILES string of the molecule is C[C@H]1CCC[C@@H](C)C(=O)CC1. The van der Waals surface area contributed by atoms with Gasteiger partial charge in [-0.1, -0.05) is 26.7 Å². The van der Waals surface area contributed by atoms with Crippen LogP contribution in [-0.4, -0.2) is 5.78 Å². The quantitative estimate of drug-likeness (QED) is 0.524. The highest BCUT2D eigenvalue weighted by molar-refractivity contribution is 5.80. The van der Waals surface area contributed by atoms with E-state index in [1.54, 1.807) is 0 Å². The zero-order valence-electron chi connectivity index (χ0n) is 7.60. The molecule has 11 heavy (non-hydrogen) atoms. The molecule has 0 N–H and O–H groups in total. The summed E-state index contributed by atoms with van der Waals surface area (Å²) in [7, 11) is 0. The highest BCUT2D eigenvalue weighted by Gasteiger charge is 2.17. The zero-order valence-corrected chi connectivity index (χ0v) is 7.60. The van der Waals surface area contributed by atoms with Crippen LogP contribution < -0.4 is 0 Å². The van der Waals surface area contributed by atoms with Gasteiger partial charge in [-0.25, -0.2) is 0 Å². The number of hydrogen-bond acceptors (Lipinski definition) is 1. The van der Waals surface area contributed by atoms with Crippen LogP contribution in [0.5, 0.6) is 0 Å². The van der Waals surface area contributed by atoms with E-state index in [2.05, 4.69) is 13.8 Å². The maximum absolute atomic E-state index is 11.3. The Bertz CT molecular complexity index is 140. The molecule has 0 aliphatic heterocycles. The number of carbonyl (C=O) groups is 1. The highest BCUT2D eigenvalue weighted by atomic mass is 16.1. The van der Waals surface area contributed by atoms with Gasteiger partial charge in [0.2, 0.25) is 0 Å². The van der Waals surface area contributed by atoms with Gasteiger partial charge in [-0.15, -0.1) is 0 Å². The minimum Gasteiger partial charge on any atom is -0.299 e. The van der Waals surface area contributed by atoms with Gasteiger partial charge < -0.3 is 0 Å². The third-order valence-corrected chi connectivity index (χ3v) is 2.77. The predicted octanol–water partition coefficient (Wildman–Crippen LogP) is 2.79. The van der Waals surface area contributed by atoms with Gasteiger partial charge in [0.05, 0.1) is 0 Å². The molecule has 0 saturated heterocycles. The average Bonchev–Trinajstić information content (AvgIpc) is 1.98. The average molecular weight is 154 g/mol. The molecule has 1 fully saturated rings. The van der Waals surface area contributed by atoms with Crippen LogP contribution in [0.4, 0.5) is 0 Å². The van der Waals surface area contributed by atoms with Crippen molar-refractivity contribution in [3.63, 3.8) is 0 Å². The van der Waals surface area contributed by atoms with E-state index in [-0.39, 0.29) is 0 Å². The molecule has 0 unspecified atom stereocenters. The normalized spacial score (nSPS) is 34.5. The molecule has 0 spiro atoms. The van der Waals surface area contributed by atoms with Gasteiger partial charge in [0.25, 0.3) is 0 Å². The first-order valence-corrected chi connectivity index (χ1v) is 4.73. The second-order valence-corrected chi connectivity index (χ2v) is 3.94. The van der Waals surface area contributed by atoms with Crippen LogP contribution in [0.2, 0.25) is 0 Å². The first kappa shape index (κ1) is 8.76. The Morgan fingerprint density at radius 3 is 2.64 bits per heavy atom. The molecule has 64 valence electrons. The first-order valence-electron chi connectivity index (χ1n) is 4.73. The fourth-order valence-electron chi connectivity index (χ4n) is 1.71. The molecule has 2 atom stereocenters. The van der Waals surface area contributed by atoms with Crippen molar-refractivity contribution in [1.82, 2.24) is 0 Å².